The smallest absolute Gasteiger partial charge is 0.345 e. The molecule has 1 amide bonds. The van der Waals surface area contributed by atoms with Gasteiger partial charge in [-0.1, -0.05) is 18.2 Å². The maximum atomic E-state index is 12.2. The van der Waals surface area contributed by atoms with Crippen LogP contribution < -0.4 is 5.32 Å². The third kappa shape index (κ3) is 3.85. The van der Waals surface area contributed by atoms with Gasteiger partial charge in [-0.25, -0.2) is 4.98 Å². The molecule has 0 aliphatic heterocycles. The fraction of sp³-hybridized carbons (Fsp3) is 0.154. The first kappa shape index (κ1) is 15.6. The molecule has 1 aromatic carbocycles. The Balaban J connectivity index is 2.14. The molecular formula is C13H11N3O5S. The van der Waals surface area contributed by atoms with E-state index in [-0.39, 0.29) is 23.0 Å². The number of thiazole rings is 1. The Morgan fingerprint density at radius 2 is 2.09 bits per heavy atom. The van der Waals surface area contributed by atoms with Crippen LogP contribution in [0.3, 0.4) is 0 Å². The molecule has 2 rings (SSSR count). The molecule has 0 bridgehead atoms. The van der Waals surface area contributed by atoms with Gasteiger partial charge in [0.25, 0.3) is 5.91 Å². The van der Waals surface area contributed by atoms with Crippen molar-refractivity contribution in [2.75, 3.05) is 5.32 Å². The lowest BCUT2D eigenvalue weighted by Gasteiger charge is -2.07. The molecule has 0 aliphatic carbocycles. The molecule has 2 N–H and O–H groups in total. The Kier molecular flexibility index (Phi) is 4.79. The fourth-order valence-corrected chi connectivity index (χ4v) is 2.40. The first-order valence-electron chi connectivity index (χ1n) is 6.18. The minimum atomic E-state index is -0.953. The Morgan fingerprint density at radius 3 is 2.73 bits per heavy atom. The van der Waals surface area contributed by atoms with Gasteiger partial charge in [-0.05, 0) is 29.4 Å². The molecule has 0 atom stereocenters. The molecule has 22 heavy (non-hydrogen) atoms. The molecule has 1 heterocycles. The van der Waals surface area contributed by atoms with Gasteiger partial charge < -0.3 is 5.11 Å². The maximum absolute atomic E-state index is 12.2. The molecule has 0 spiro atoms. The van der Waals surface area contributed by atoms with Crippen LogP contribution in [0.25, 0.3) is 0 Å². The average Bonchev–Trinajstić information content (AvgIpc) is 2.94. The number of anilines is 1. The van der Waals surface area contributed by atoms with Gasteiger partial charge in [-0.15, -0.1) is 0 Å². The van der Waals surface area contributed by atoms with Crippen molar-refractivity contribution in [1.29, 1.82) is 0 Å². The van der Waals surface area contributed by atoms with Gasteiger partial charge in [-0.2, -0.15) is 0 Å². The maximum Gasteiger partial charge on any atom is 0.345 e. The number of carboxylic acid groups (broad SMARTS) is 1. The normalized spacial score (nSPS) is 10.2. The third-order valence-corrected chi connectivity index (χ3v) is 3.63. The largest absolute Gasteiger partial charge is 0.481 e. The van der Waals surface area contributed by atoms with E-state index >= 15 is 0 Å². The predicted octanol–water partition coefficient (Wildman–Crippen LogP) is 2.32. The third-order valence-electron chi connectivity index (χ3n) is 2.76. The van der Waals surface area contributed by atoms with Crippen LogP contribution >= 0.6 is 11.3 Å². The van der Waals surface area contributed by atoms with Gasteiger partial charge in [0.2, 0.25) is 0 Å². The molecule has 0 unspecified atom stereocenters. The number of aliphatic carboxylic acids is 1. The second-order valence-corrected chi connectivity index (χ2v) is 5.27. The van der Waals surface area contributed by atoms with Crippen LogP contribution in [0.5, 0.6) is 0 Å². The molecule has 1 aromatic heterocycles. The number of nitro groups is 1. The zero-order chi connectivity index (χ0) is 16.1. The van der Waals surface area contributed by atoms with Crippen LogP contribution in [0, 0.1) is 10.1 Å². The number of nitrogens with one attached hydrogen (secondary N) is 1. The number of aromatic nitrogens is 1. The quantitative estimate of drug-likeness (QED) is 0.622. The number of aryl methyl sites for hydroxylation is 1. The molecule has 0 fully saturated rings. The van der Waals surface area contributed by atoms with E-state index in [1.165, 1.54) is 0 Å². The number of amides is 1. The predicted molar refractivity (Wildman–Crippen MR) is 79.1 cm³/mol. The van der Waals surface area contributed by atoms with E-state index in [1.54, 1.807) is 24.3 Å². The highest BCUT2D eigenvalue weighted by molar-refractivity contribution is 7.18. The van der Waals surface area contributed by atoms with Crippen molar-refractivity contribution >= 4 is 33.3 Å². The Bertz CT molecular complexity index is 728. The summed E-state index contributed by atoms with van der Waals surface area (Å²) < 4.78 is 0. The van der Waals surface area contributed by atoms with E-state index in [4.69, 9.17) is 5.11 Å². The second-order valence-electron chi connectivity index (χ2n) is 4.27. The highest BCUT2D eigenvalue weighted by Gasteiger charge is 2.16. The monoisotopic (exact) mass is 321 g/mol. The molecule has 114 valence electrons. The van der Waals surface area contributed by atoms with Crippen LogP contribution in [0.15, 0.2) is 30.5 Å². The molecule has 0 saturated heterocycles. The Labute approximate surface area is 128 Å². The number of hydrogen-bond donors (Lipinski definition) is 2. The fourth-order valence-electron chi connectivity index (χ4n) is 1.77. The van der Waals surface area contributed by atoms with Crippen molar-refractivity contribution in [3.05, 3.63) is 51.7 Å². The van der Waals surface area contributed by atoms with E-state index in [0.29, 0.717) is 11.1 Å². The van der Waals surface area contributed by atoms with E-state index in [1.807, 2.05) is 0 Å². The summed E-state index contributed by atoms with van der Waals surface area (Å²) >= 11 is 0.752. The summed E-state index contributed by atoms with van der Waals surface area (Å²) in [4.78, 5) is 36.6. The molecule has 0 aliphatic rings. The van der Waals surface area contributed by atoms with Crippen molar-refractivity contribution < 1.29 is 19.6 Å². The second kappa shape index (κ2) is 6.76. The van der Waals surface area contributed by atoms with Crippen molar-refractivity contribution in [3.8, 4) is 0 Å². The molecule has 8 nitrogen and oxygen atoms in total. The standard InChI is InChI=1S/C13H11N3O5S/c17-11(18)6-5-8-3-1-2-4-9(8)12(19)15-13-14-7-10(22-13)16(20)21/h1-4,7H,5-6H2,(H,17,18)(H,14,15,19). The first-order chi connectivity index (χ1) is 10.5. The number of rotatable bonds is 6. The number of carboxylic acids is 1. The number of carbonyl (C=O) groups excluding carboxylic acids is 1. The Hall–Kier alpha value is -2.81. The van der Waals surface area contributed by atoms with Gasteiger partial charge in [0.05, 0.1) is 4.92 Å². The highest BCUT2D eigenvalue weighted by atomic mass is 32.1. The van der Waals surface area contributed by atoms with Crippen LogP contribution in [0.2, 0.25) is 0 Å². The summed E-state index contributed by atoms with van der Waals surface area (Å²) in [5, 5.41) is 21.7. The molecule has 0 radical (unpaired) electrons. The van der Waals surface area contributed by atoms with Crippen LogP contribution in [0.1, 0.15) is 22.3 Å². The number of hydrogen-bond acceptors (Lipinski definition) is 6. The molecule has 2 aromatic rings. The van der Waals surface area contributed by atoms with E-state index in [0.717, 1.165) is 17.5 Å². The van der Waals surface area contributed by atoms with Crippen molar-refractivity contribution in [3.63, 3.8) is 0 Å². The van der Waals surface area contributed by atoms with Crippen molar-refractivity contribution in [2.24, 2.45) is 0 Å². The summed E-state index contributed by atoms with van der Waals surface area (Å²) in [6.07, 6.45) is 1.20. The highest BCUT2D eigenvalue weighted by Crippen LogP contribution is 2.25. The number of benzene rings is 1. The first-order valence-corrected chi connectivity index (χ1v) is 7.00. The Morgan fingerprint density at radius 1 is 1.36 bits per heavy atom. The zero-order valence-electron chi connectivity index (χ0n) is 11.2. The van der Waals surface area contributed by atoms with Crippen molar-refractivity contribution in [2.45, 2.75) is 12.8 Å². The summed E-state index contributed by atoms with van der Waals surface area (Å²) in [6.45, 7) is 0. The van der Waals surface area contributed by atoms with Crippen LogP contribution in [0.4, 0.5) is 10.1 Å². The van der Waals surface area contributed by atoms with Crippen LogP contribution in [-0.2, 0) is 11.2 Å². The summed E-state index contributed by atoms with van der Waals surface area (Å²) in [5.74, 6) is -1.43. The molecular weight excluding hydrogens is 310 g/mol. The molecule has 9 heteroatoms. The van der Waals surface area contributed by atoms with E-state index < -0.39 is 16.8 Å². The van der Waals surface area contributed by atoms with Crippen molar-refractivity contribution in [1.82, 2.24) is 4.98 Å². The number of carbonyl (C=O) groups is 2. The summed E-state index contributed by atoms with van der Waals surface area (Å²) in [5.41, 5.74) is 0.912. The lowest BCUT2D eigenvalue weighted by Crippen LogP contribution is -2.14. The van der Waals surface area contributed by atoms with Gasteiger partial charge in [0.1, 0.15) is 6.20 Å². The van der Waals surface area contributed by atoms with Gasteiger partial charge >= 0.3 is 11.0 Å². The minimum absolute atomic E-state index is 0.0903. The minimum Gasteiger partial charge on any atom is -0.481 e. The van der Waals surface area contributed by atoms with E-state index in [2.05, 4.69) is 10.3 Å². The lowest BCUT2D eigenvalue weighted by molar-refractivity contribution is -0.380. The SMILES string of the molecule is O=C(O)CCc1ccccc1C(=O)Nc1ncc([N+](=O)[O-])s1. The van der Waals surface area contributed by atoms with Gasteiger partial charge in [0, 0.05) is 12.0 Å². The van der Waals surface area contributed by atoms with E-state index in [9.17, 15) is 19.7 Å². The molecule has 0 saturated carbocycles. The van der Waals surface area contributed by atoms with Gasteiger partial charge in [0.15, 0.2) is 5.13 Å². The summed E-state index contributed by atoms with van der Waals surface area (Å²) in [7, 11) is 0. The lowest BCUT2D eigenvalue weighted by atomic mass is 10.0. The van der Waals surface area contributed by atoms with Crippen LogP contribution in [-0.4, -0.2) is 26.9 Å². The van der Waals surface area contributed by atoms with Gasteiger partial charge in [-0.3, -0.25) is 25.0 Å². The average molecular weight is 321 g/mol. The topological polar surface area (TPSA) is 122 Å². The zero-order valence-corrected chi connectivity index (χ0v) is 12.0. The number of nitrogens with zero attached hydrogens (tertiary/aromatic N) is 2. The summed E-state index contributed by atoms with van der Waals surface area (Å²) in [6, 6.07) is 6.60.